The van der Waals surface area contributed by atoms with Crippen LogP contribution in [0.3, 0.4) is 0 Å². The molecule has 101 valence electrons. The van der Waals surface area contributed by atoms with Gasteiger partial charge < -0.3 is 16.2 Å². The molecule has 0 aromatic carbocycles. The monoisotopic (exact) mass is 359 g/mol. The minimum Gasteiger partial charge on any atom is -0.325 e. The number of hydroxylamine groups is 2. The summed E-state index contributed by atoms with van der Waals surface area (Å²) in [5.74, 6) is 0. The molecule has 1 fully saturated rings. The molecule has 0 aliphatic carbocycles. The van der Waals surface area contributed by atoms with Crippen LogP contribution in [0, 0.1) is 6.42 Å². The summed E-state index contributed by atoms with van der Waals surface area (Å²) in [5.41, 5.74) is -0.191. The number of piperidine rings is 1. The standard InChI is InChI=1S/C9H18NO.CH4ClO2P.Y/c1-8(2)6-5-7-9(3,4)10(8)11;1-4-5(2)3;/h5,11H,6-7H2,1-4H3;5H,1H3;/q-1;;. The van der Waals surface area contributed by atoms with Crippen molar-refractivity contribution in [2.45, 2.75) is 51.6 Å². The van der Waals surface area contributed by atoms with E-state index in [9.17, 15) is 9.77 Å². The molecule has 1 aliphatic rings. The van der Waals surface area contributed by atoms with E-state index < -0.39 is 7.38 Å². The van der Waals surface area contributed by atoms with E-state index >= 15 is 0 Å². The fourth-order valence-corrected chi connectivity index (χ4v) is 1.77. The smallest absolute Gasteiger partial charge is 0.278 e. The third-order valence-electron chi connectivity index (χ3n) is 2.59. The van der Waals surface area contributed by atoms with Crippen molar-refractivity contribution < 1.29 is 47.0 Å². The molecule has 0 saturated carbocycles. The van der Waals surface area contributed by atoms with Crippen LogP contribution in [0.5, 0.6) is 0 Å². The van der Waals surface area contributed by atoms with Gasteiger partial charge in [-0.15, -0.1) is 0 Å². The average molecular weight is 360 g/mol. The van der Waals surface area contributed by atoms with Crippen molar-refractivity contribution in [3.8, 4) is 0 Å². The Balaban J connectivity index is 0. The summed E-state index contributed by atoms with van der Waals surface area (Å²) in [7, 11) is -0.852. The maximum Gasteiger partial charge on any atom is 0.278 e. The van der Waals surface area contributed by atoms with Crippen LogP contribution in [0.2, 0.25) is 0 Å². The third-order valence-corrected chi connectivity index (χ3v) is 3.38. The van der Waals surface area contributed by atoms with Gasteiger partial charge in [0.1, 0.15) is 0 Å². The largest absolute Gasteiger partial charge is 0.325 e. The fraction of sp³-hybridized carbons (Fsp3) is 0.900. The van der Waals surface area contributed by atoms with E-state index in [1.54, 1.807) is 0 Å². The molecule has 0 bridgehead atoms. The van der Waals surface area contributed by atoms with Crippen molar-refractivity contribution in [1.82, 2.24) is 5.06 Å². The van der Waals surface area contributed by atoms with Gasteiger partial charge in [0.25, 0.3) is 7.38 Å². The molecule has 4 nitrogen and oxygen atoms in total. The van der Waals surface area contributed by atoms with E-state index in [1.165, 1.54) is 12.2 Å². The van der Waals surface area contributed by atoms with Crippen molar-refractivity contribution in [3.05, 3.63) is 6.42 Å². The quantitative estimate of drug-likeness (QED) is 0.575. The molecule has 0 aromatic rings. The van der Waals surface area contributed by atoms with Crippen LogP contribution in [0.25, 0.3) is 0 Å². The van der Waals surface area contributed by atoms with Gasteiger partial charge in [0, 0.05) is 50.9 Å². The van der Waals surface area contributed by atoms with Crippen LogP contribution < -0.4 is 0 Å². The maximum absolute atomic E-state index is 9.78. The molecule has 7 heteroatoms. The zero-order valence-corrected chi connectivity index (χ0v) is 15.8. The Morgan fingerprint density at radius 2 is 1.59 bits per heavy atom. The molecule has 1 rings (SSSR count). The van der Waals surface area contributed by atoms with Gasteiger partial charge in [-0.25, -0.2) is 0 Å². The summed E-state index contributed by atoms with van der Waals surface area (Å²) in [6.07, 6.45) is 4.19. The third kappa shape index (κ3) is 7.62. The summed E-state index contributed by atoms with van der Waals surface area (Å²) in [6, 6.07) is 0. The van der Waals surface area contributed by atoms with Crippen molar-refractivity contribution in [2.24, 2.45) is 0 Å². The zero-order valence-electron chi connectivity index (χ0n) is 11.2. The first-order valence-electron chi connectivity index (χ1n) is 5.18. The predicted octanol–water partition coefficient (Wildman–Crippen LogP) is 3.49. The van der Waals surface area contributed by atoms with Crippen molar-refractivity contribution in [3.63, 3.8) is 0 Å². The van der Waals surface area contributed by atoms with Gasteiger partial charge in [-0.3, -0.25) is 4.57 Å². The van der Waals surface area contributed by atoms with Gasteiger partial charge in [0.15, 0.2) is 0 Å². The molecule has 0 aromatic heterocycles. The van der Waals surface area contributed by atoms with Crippen LogP contribution in [0.4, 0.5) is 0 Å². The van der Waals surface area contributed by atoms with Gasteiger partial charge in [0.05, 0.1) is 0 Å². The second kappa shape index (κ2) is 8.63. The molecule has 1 saturated heterocycles. The second-order valence-corrected chi connectivity index (χ2v) is 6.88. The van der Waals surface area contributed by atoms with E-state index in [2.05, 4.69) is 38.6 Å². The van der Waals surface area contributed by atoms with Crippen LogP contribution >= 0.6 is 18.6 Å². The van der Waals surface area contributed by atoms with Crippen LogP contribution in [-0.2, 0) is 41.8 Å². The van der Waals surface area contributed by atoms with E-state index in [1.807, 2.05) is 0 Å². The Labute approximate surface area is 135 Å². The Morgan fingerprint density at radius 3 is 1.76 bits per heavy atom. The first-order valence-corrected chi connectivity index (χ1v) is 7.50. The number of nitrogens with zero attached hydrogens (tertiary/aromatic N) is 1. The number of hydrogen-bond acceptors (Lipinski definition) is 4. The van der Waals surface area contributed by atoms with E-state index in [-0.39, 0.29) is 43.8 Å². The SMILES string of the molecule is CC1(C)C[CH-]CC(C)(C)N1O.CO[PH](=O)Cl.[Y]. The molecule has 0 amide bonds. The van der Waals surface area contributed by atoms with Gasteiger partial charge in [0.2, 0.25) is 0 Å². The van der Waals surface area contributed by atoms with Crippen molar-refractivity contribution in [1.29, 1.82) is 0 Å². The zero-order chi connectivity index (χ0) is 13.0. The summed E-state index contributed by atoms with van der Waals surface area (Å²) < 4.78 is 13.6. The molecule has 1 N–H and O–H groups in total. The van der Waals surface area contributed by atoms with E-state index in [0.29, 0.717) is 0 Å². The molecule has 1 radical (unpaired) electrons. The van der Waals surface area contributed by atoms with Crippen molar-refractivity contribution in [2.75, 3.05) is 7.11 Å². The average Bonchev–Trinajstić information content (AvgIpc) is 2.15. The molecule has 0 spiro atoms. The van der Waals surface area contributed by atoms with Gasteiger partial charge in [-0.1, -0.05) is 0 Å². The van der Waals surface area contributed by atoms with Crippen LogP contribution in [-0.4, -0.2) is 28.5 Å². The molecular formula is C10H22ClNO3PY-. The first kappa shape index (κ1) is 20.8. The molecular weight excluding hydrogens is 337 g/mol. The van der Waals surface area contributed by atoms with E-state index in [0.717, 1.165) is 12.8 Å². The van der Waals surface area contributed by atoms with Gasteiger partial charge >= 0.3 is 0 Å². The Bertz CT molecular complexity index is 236. The Hall–Kier alpha value is 1.50. The summed E-state index contributed by atoms with van der Waals surface area (Å²) >= 11 is 4.79. The minimum absolute atomic E-state index is 0. The second-order valence-electron chi connectivity index (χ2n) is 5.08. The first-order chi connectivity index (χ1) is 7.13. The molecule has 1 unspecified atom stereocenters. The number of hydrogen-bond donors (Lipinski definition) is 1. The Kier molecular flexibility index (Phi) is 10.6. The normalized spacial score (nSPS) is 23.9. The molecule has 1 heterocycles. The van der Waals surface area contributed by atoms with Crippen molar-refractivity contribution >= 4 is 18.6 Å². The van der Waals surface area contributed by atoms with Crippen LogP contribution in [0.15, 0.2) is 0 Å². The number of rotatable bonds is 1. The molecule has 1 atom stereocenters. The fourth-order valence-electron chi connectivity index (χ4n) is 1.77. The predicted molar refractivity (Wildman–Crippen MR) is 67.2 cm³/mol. The van der Waals surface area contributed by atoms with Gasteiger partial charge in [-0.2, -0.15) is 17.9 Å². The molecule has 17 heavy (non-hydrogen) atoms. The summed E-state index contributed by atoms with van der Waals surface area (Å²) in [6.45, 7) is 8.24. The van der Waals surface area contributed by atoms with Crippen LogP contribution in [0.1, 0.15) is 40.5 Å². The number of halogens is 1. The summed E-state index contributed by atoms with van der Waals surface area (Å²) in [5, 5.41) is 11.3. The van der Waals surface area contributed by atoms with Gasteiger partial charge in [-0.05, 0) is 38.9 Å². The maximum atomic E-state index is 9.78. The summed E-state index contributed by atoms with van der Waals surface area (Å²) in [4.78, 5) is 0. The topological polar surface area (TPSA) is 49.8 Å². The Morgan fingerprint density at radius 1 is 1.29 bits per heavy atom. The minimum atomic E-state index is -2.15. The van der Waals surface area contributed by atoms with E-state index in [4.69, 9.17) is 11.2 Å². The molecule has 1 aliphatic heterocycles.